The summed E-state index contributed by atoms with van der Waals surface area (Å²) in [6.07, 6.45) is 1.00. The van der Waals surface area contributed by atoms with E-state index in [2.05, 4.69) is 0 Å². The standard InChI is InChI=1S/C15H23NO5/c1-5-20-12(18)11(17)10-6-15(7-10)8-16(9-15)13(19)21-14(2,3)4/h10H,5-9H2,1-4H3. The van der Waals surface area contributed by atoms with Crippen molar-refractivity contribution in [3.63, 3.8) is 0 Å². The maximum atomic E-state index is 11.8. The fraction of sp³-hybridized carbons (Fsp3) is 0.800. The number of Topliss-reactive ketones (excluding diaryl/α,β-unsaturated/α-hetero) is 1. The number of ether oxygens (including phenoxy) is 2. The zero-order valence-electron chi connectivity index (χ0n) is 13.1. The van der Waals surface area contributed by atoms with Crippen molar-refractivity contribution in [1.29, 1.82) is 0 Å². The minimum absolute atomic E-state index is 0.00370. The second-order valence-electron chi connectivity index (χ2n) is 7.03. The SMILES string of the molecule is CCOC(=O)C(=O)C1CC2(C1)CN(C(=O)OC(C)(C)C)C2. The number of amides is 1. The van der Waals surface area contributed by atoms with Gasteiger partial charge in [-0.2, -0.15) is 0 Å². The summed E-state index contributed by atoms with van der Waals surface area (Å²) in [6.45, 7) is 8.60. The van der Waals surface area contributed by atoms with Gasteiger partial charge in [0.2, 0.25) is 5.78 Å². The summed E-state index contributed by atoms with van der Waals surface area (Å²) >= 11 is 0. The van der Waals surface area contributed by atoms with Gasteiger partial charge in [0, 0.05) is 24.4 Å². The molecule has 0 unspecified atom stereocenters. The number of ketones is 1. The van der Waals surface area contributed by atoms with Gasteiger partial charge in [0.1, 0.15) is 5.60 Å². The first-order chi connectivity index (χ1) is 9.66. The highest BCUT2D eigenvalue weighted by Gasteiger charge is 2.57. The number of hydrogen-bond donors (Lipinski definition) is 0. The topological polar surface area (TPSA) is 72.9 Å². The van der Waals surface area contributed by atoms with Crippen LogP contribution in [0.1, 0.15) is 40.5 Å². The molecule has 2 aliphatic rings. The van der Waals surface area contributed by atoms with Crippen LogP contribution in [-0.2, 0) is 19.1 Å². The summed E-state index contributed by atoms with van der Waals surface area (Å²) in [5.74, 6) is -1.41. The van der Waals surface area contributed by atoms with Crippen LogP contribution in [-0.4, -0.2) is 48.0 Å². The highest BCUT2D eigenvalue weighted by molar-refractivity contribution is 6.34. The Bertz CT molecular complexity index is 451. The summed E-state index contributed by atoms with van der Waals surface area (Å²) in [6, 6.07) is 0. The minimum atomic E-state index is -0.735. The Morgan fingerprint density at radius 1 is 1.19 bits per heavy atom. The summed E-state index contributed by atoms with van der Waals surface area (Å²) < 4.78 is 10.0. The van der Waals surface area contributed by atoms with Gasteiger partial charge in [-0.3, -0.25) is 4.79 Å². The van der Waals surface area contributed by atoms with Crippen LogP contribution < -0.4 is 0 Å². The van der Waals surface area contributed by atoms with Crippen molar-refractivity contribution in [2.24, 2.45) is 11.3 Å². The van der Waals surface area contributed by atoms with Crippen molar-refractivity contribution in [2.45, 2.75) is 46.1 Å². The number of carbonyl (C=O) groups is 3. The molecule has 1 saturated heterocycles. The lowest BCUT2D eigenvalue weighted by Gasteiger charge is -2.58. The fourth-order valence-electron chi connectivity index (χ4n) is 3.02. The molecule has 0 N–H and O–H groups in total. The van der Waals surface area contributed by atoms with E-state index in [0.717, 1.165) is 0 Å². The Hall–Kier alpha value is -1.59. The van der Waals surface area contributed by atoms with E-state index in [0.29, 0.717) is 25.9 Å². The molecule has 0 bridgehead atoms. The molecule has 1 saturated carbocycles. The van der Waals surface area contributed by atoms with Crippen LogP contribution in [0.4, 0.5) is 4.79 Å². The van der Waals surface area contributed by atoms with Crippen LogP contribution in [0.3, 0.4) is 0 Å². The predicted octanol–water partition coefficient (Wildman–Crippen LogP) is 1.77. The van der Waals surface area contributed by atoms with E-state index < -0.39 is 17.4 Å². The molecule has 0 aromatic carbocycles. The van der Waals surface area contributed by atoms with Gasteiger partial charge in [-0.15, -0.1) is 0 Å². The quantitative estimate of drug-likeness (QED) is 0.586. The second-order valence-corrected chi connectivity index (χ2v) is 7.03. The van der Waals surface area contributed by atoms with Gasteiger partial charge in [-0.05, 0) is 40.5 Å². The molecule has 118 valence electrons. The Morgan fingerprint density at radius 2 is 1.76 bits per heavy atom. The first kappa shape index (κ1) is 15.8. The van der Waals surface area contributed by atoms with E-state index in [9.17, 15) is 14.4 Å². The van der Waals surface area contributed by atoms with Crippen LogP contribution in [0, 0.1) is 11.3 Å². The van der Waals surface area contributed by atoms with Gasteiger partial charge in [-0.1, -0.05) is 0 Å². The number of nitrogens with zero attached hydrogens (tertiary/aromatic N) is 1. The molecule has 2 fully saturated rings. The molecule has 1 amide bonds. The highest BCUT2D eigenvalue weighted by atomic mass is 16.6. The van der Waals surface area contributed by atoms with Crippen molar-refractivity contribution in [3.8, 4) is 0 Å². The molecule has 1 aliphatic carbocycles. The van der Waals surface area contributed by atoms with Crippen LogP contribution >= 0.6 is 0 Å². The van der Waals surface area contributed by atoms with E-state index in [1.165, 1.54) is 0 Å². The molecular weight excluding hydrogens is 274 g/mol. The minimum Gasteiger partial charge on any atom is -0.460 e. The Balaban J connectivity index is 1.75. The van der Waals surface area contributed by atoms with Gasteiger partial charge in [0.05, 0.1) is 6.61 Å². The highest BCUT2D eigenvalue weighted by Crippen LogP contribution is 2.52. The molecular formula is C15H23NO5. The average molecular weight is 297 g/mol. The number of likely N-dealkylation sites (tertiary alicyclic amines) is 1. The third kappa shape index (κ3) is 3.36. The molecule has 6 nitrogen and oxygen atoms in total. The number of hydrogen-bond acceptors (Lipinski definition) is 5. The van der Waals surface area contributed by atoms with Gasteiger partial charge < -0.3 is 14.4 Å². The van der Waals surface area contributed by atoms with Crippen molar-refractivity contribution >= 4 is 17.8 Å². The maximum Gasteiger partial charge on any atom is 0.410 e. The van der Waals surface area contributed by atoms with Crippen LogP contribution in [0.5, 0.6) is 0 Å². The molecule has 1 aliphatic heterocycles. The zero-order chi connectivity index (χ0) is 15.8. The second kappa shape index (κ2) is 5.31. The average Bonchev–Trinajstić information content (AvgIpc) is 2.22. The van der Waals surface area contributed by atoms with Crippen molar-refractivity contribution in [3.05, 3.63) is 0 Å². The number of rotatable bonds is 3. The smallest absolute Gasteiger partial charge is 0.410 e. The van der Waals surface area contributed by atoms with Crippen LogP contribution in [0.2, 0.25) is 0 Å². The van der Waals surface area contributed by atoms with Crippen LogP contribution in [0.15, 0.2) is 0 Å². The largest absolute Gasteiger partial charge is 0.460 e. The first-order valence-electron chi connectivity index (χ1n) is 7.35. The third-order valence-corrected chi connectivity index (χ3v) is 3.91. The maximum absolute atomic E-state index is 11.8. The van der Waals surface area contributed by atoms with Gasteiger partial charge >= 0.3 is 12.1 Å². The van der Waals surface area contributed by atoms with Crippen molar-refractivity contribution in [2.75, 3.05) is 19.7 Å². The van der Waals surface area contributed by atoms with Crippen molar-refractivity contribution in [1.82, 2.24) is 4.90 Å². The Morgan fingerprint density at radius 3 is 2.24 bits per heavy atom. The first-order valence-corrected chi connectivity index (χ1v) is 7.35. The summed E-state index contributed by atoms with van der Waals surface area (Å²) in [5, 5.41) is 0. The van der Waals surface area contributed by atoms with Gasteiger partial charge in [0.25, 0.3) is 0 Å². The van der Waals surface area contributed by atoms with E-state index >= 15 is 0 Å². The Kier molecular flexibility index (Phi) is 4.00. The van der Waals surface area contributed by atoms with E-state index in [4.69, 9.17) is 9.47 Å². The molecule has 1 spiro atoms. The van der Waals surface area contributed by atoms with Crippen molar-refractivity contribution < 1.29 is 23.9 Å². The van der Waals surface area contributed by atoms with Gasteiger partial charge in [-0.25, -0.2) is 9.59 Å². The van der Waals surface area contributed by atoms with E-state index in [1.807, 2.05) is 20.8 Å². The zero-order valence-corrected chi connectivity index (χ0v) is 13.1. The van der Waals surface area contributed by atoms with Crippen LogP contribution in [0.25, 0.3) is 0 Å². The molecule has 0 aromatic rings. The molecule has 2 rings (SSSR count). The molecule has 1 heterocycles. The lowest BCUT2D eigenvalue weighted by atomic mass is 9.57. The Labute approximate surface area is 124 Å². The molecule has 6 heteroatoms. The fourth-order valence-corrected chi connectivity index (χ4v) is 3.02. The summed E-state index contributed by atoms with van der Waals surface area (Å²) in [5.41, 5.74) is -0.494. The summed E-state index contributed by atoms with van der Waals surface area (Å²) in [7, 11) is 0. The monoisotopic (exact) mass is 297 g/mol. The lowest BCUT2D eigenvalue weighted by Crippen LogP contribution is -2.65. The van der Waals surface area contributed by atoms with E-state index in [1.54, 1.807) is 11.8 Å². The summed E-state index contributed by atoms with van der Waals surface area (Å²) in [4.78, 5) is 36.6. The van der Waals surface area contributed by atoms with Gasteiger partial charge in [0.15, 0.2) is 0 Å². The lowest BCUT2D eigenvalue weighted by molar-refractivity contribution is -0.163. The molecule has 0 atom stereocenters. The molecule has 0 radical (unpaired) electrons. The number of esters is 1. The number of carbonyl (C=O) groups excluding carboxylic acids is 3. The molecule has 0 aromatic heterocycles. The normalized spacial score (nSPS) is 20.5. The van der Waals surface area contributed by atoms with E-state index in [-0.39, 0.29) is 24.0 Å². The predicted molar refractivity (Wildman–Crippen MR) is 74.6 cm³/mol. The third-order valence-electron chi connectivity index (χ3n) is 3.91. The molecule has 21 heavy (non-hydrogen) atoms.